The molecule has 2 fully saturated rings. The summed E-state index contributed by atoms with van der Waals surface area (Å²) in [4.78, 5) is 25.6. The Kier molecular flexibility index (Phi) is 5.28. The van der Waals surface area contributed by atoms with Gasteiger partial charge in [0.2, 0.25) is 5.91 Å². The van der Waals surface area contributed by atoms with Gasteiger partial charge in [0.05, 0.1) is 6.42 Å². The van der Waals surface area contributed by atoms with Crippen LogP contribution in [-0.2, 0) is 9.59 Å². The first-order valence-corrected chi connectivity index (χ1v) is 8.39. The smallest absolute Gasteiger partial charge is 0.303 e. The fraction of sp³-hybridized carbons (Fsp3) is 0.882. The van der Waals surface area contributed by atoms with Crippen LogP contribution in [0.4, 0.5) is 0 Å². The number of carboxylic acid groups (broad SMARTS) is 1. The molecule has 4 heteroatoms. The molecule has 0 aliphatic heterocycles. The molecule has 0 unspecified atom stereocenters. The third-order valence-electron chi connectivity index (χ3n) is 5.64. The zero-order chi connectivity index (χ0) is 15.5. The molecular weight excluding hydrogens is 266 g/mol. The lowest BCUT2D eigenvalue weighted by molar-refractivity contribution is -0.141. The molecule has 0 aromatic carbocycles. The molecule has 1 amide bonds. The Morgan fingerprint density at radius 3 is 2.19 bits per heavy atom. The normalized spacial score (nSPS) is 28.3. The number of rotatable bonds is 5. The van der Waals surface area contributed by atoms with Crippen LogP contribution in [0.5, 0.6) is 0 Å². The summed E-state index contributed by atoms with van der Waals surface area (Å²) in [6, 6.07) is 0.358. The molecule has 0 spiro atoms. The molecule has 2 aliphatic rings. The van der Waals surface area contributed by atoms with Crippen LogP contribution in [0, 0.1) is 11.3 Å². The lowest BCUT2D eigenvalue weighted by Gasteiger charge is -2.36. The standard InChI is InChI=1S/C17H29NO3/c1-13-5-7-14(8-6-13)18(2)15(19)11-17(12-16(20)21)9-3-4-10-17/h13-14H,3-12H2,1-2H3,(H,20,21). The Morgan fingerprint density at radius 1 is 1.10 bits per heavy atom. The van der Waals surface area contributed by atoms with Crippen LogP contribution in [0.2, 0.25) is 0 Å². The summed E-state index contributed by atoms with van der Waals surface area (Å²) < 4.78 is 0. The molecule has 2 aliphatic carbocycles. The van der Waals surface area contributed by atoms with Gasteiger partial charge in [0.1, 0.15) is 0 Å². The number of aliphatic carboxylic acids is 1. The minimum absolute atomic E-state index is 0.147. The van der Waals surface area contributed by atoms with Crippen LogP contribution >= 0.6 is 0 Å². The van der Waals surface area contributed by atoms with Crippen molar-refractivity contribution in [2.24, 2.45) is 11.3 Å². The molecule has 0 heterocycles. The summed E-state index contributed by atoms with van der Waals surface area (Å²) in [5, 5.41) is 9.14. The molecule has 0 aromatic rings. The lowest BCUT2D eigenvalue weighted by Crippen LogP contribution is -2.41. The first kappa shape index (κ1) is 16.3. The van der Waals surface area contributed by atoms with Crippen molar-refractivity contribution in [2.45, 2.75) is 77.2 Å². The average molecular weight is 295 g/mol. The second-order valence-corrected chi connectivity index (χ2v) is 7.37. The minimum Gasteiger partial charge on any atom is -0.481 e. The molecule has 2 saturated carbocycles. The van der Waals surface area contributed by atoms with Crippen molar-refractivity contribution >= 4 is 11.9 Å². The van der Waals surface area contributed by atoms with E-state index in [-0.39, 0.29) is 17.7 Å². The number of hydrogen-bond donors (Lipinski definition) is 1. The van der Waals surface area contributed by atoms with Crippen LogP contribution in [-0.4, -0.2) is 35.0 Å². The van der Waals surface area contributed by atoms with Crippen molar-refractivity contribution < 1.29 is 14.7 Å². The number of nitrogens with zero attached hydrogens (tertiary/aromatic N) is 1. The van der Waals surface area contributed by atoms with Gasteiger partial charge in [0.15, 0.2) is 0 Å². The fourth-order valence-corrected chi connectivity index (χ4v) is 4.14. The van der Waals surface area contributed by atoms with E-state index in [1.807, 2.05) is 11.9 Å². The average Bonchev–Trinajstić information content (AvgIpc) is 2.86. The van der Waals surface area contributed by atoms with E-state index in [0.29, 0.717) is 12.5 Å². The fourth-order valence-electron chi connectivity index (χ4n) is 4.14. The van der Waals surface area contributed by atoms with Crippen LogP contribution in [0.15, 0.2) is 0 Å². The molecule has 21 heavy (non-hydrogen) atoms. The second kappa shape index (κ2) is 6.80. The van der Waals surface area contributed by atoms with Crippen LogP contribution in [0.3, 0.4) is 0 Å². The zero-order valence-electron chi connectivity index (χ0n) is 13.4. The molecule has 0 saturated heterocycles. The number of hydrogen-bond acceptors (Lipinski definition) is 2. The third-order valence-corrected chi connectivity index (χ3v) is 5.64. The van der Waals surface area contributed by atoms with E-state index in [2.05, 4.69) is 6.92 Å². The van der Waals surface area contributed by atoms with Gasteiger partial charge in [-0.3, -0.25) is 9.59 Å². The Morgan fingerprint density at radius 2 is 1.67 bits per heavy atom. The van der Waals surface area contributed by atoms with Crippen LogP contribution < -0.4 is 0 Å². The van der Waals surface area contributed by atoms with Crippen molar-refractivity contribution in [3.05, 3.63) is 0 Å². The molecule has 1 N–H and O–H groups in total. The highest BCUT2D eigenvalue weighted by Crippen LogP contribution is 2.44. The topological polar surface area (TPSA) is 57.6 Å². The predicted octanol–water partition coefficient (Wildman–Crippen LogP) is 3.45. The molecular formula is C17H29NO3. The first-order chi connectivity index (χ1) is 9.92. The van der Waals surface area contributed by atoms with Gasteiger partial charge in [-0.1, -0.05) is 19.8 Å². The van der Waals surface area contributed by atoms with Crippen molar-refractivity contribution in [3.63, 3.8) is 0 Å². The first-order valence-electron chi connectivity index (χ1n) is 8.39. The molecule has 4 nitrogen and oxygen atoms in total. The highest BCUT2D eigenvalue weighted by molar-refractivity contribution is 5.78. The maximum absolute atomic E-state index is 12.6. The van der Waals surface area contributed by atoms with E-state index in [9.17, 15) is 9.59 Å². The Bertz CT molecular complexity index is 379. The van der Waals surface area contributed by atoms with Gasteiger partial charge in [-0.05, 0) is 49.9 Å². The zero-order valence-corrected chi connectivity index (χ0v) is 13.4. The number of carboxylic acids is 1. The Balaban J connectivity index is 1.93. The maximum atomic E-state index is 12.6. The summed E-state index contributed by atoms with van der Waals surface area (Å²) in [6.07, 6.45) is 9.05. The van der Waals surface area contributed by atoms with Gasteiger partial charge in [-0.15, -0.1) is 0 Å². The molecule has 120 valence electrons. The van der Waals surface area contributed by atoms with E-state index in [1.54, 1.807) is 0 Å². The molecule has 0 bridgehead atoms. The SMILES string of the molecule is CC1CCC(N(C)C(=O)CC2(CC(=O)O)CCCC2)CC1. The van der Waals surface area contributed by atoms with Crippen molar-refractivity contribution in [1.29, 1.82) is 0 Å². The Hall–Kier alpha value is -1.06. The predicted molar refractivity (Wildman–Crippen MR) is 82.0 cm³/mol. The van der Waals surface area contributed by atoms with E-state index in [4.69, 9.17) is 5.11 Å². The quantitative estimate of drug-likeness (QED) is 0.845. The number of amides is 1. The molecule has 2 rings (SSSR count). The maximum Gasteiger partial charge on any atom is 0.303 e. The lowest BCUT2D eigenvalue weighted by atomic mass is 9.78. The van der Waals surface area contributed by atoms with E-state index < -0.39 is 5.97 Å². The monoisotopic (exact) mass is 295 g/mol. The van der Waals surface area contributed by atoms with Crippen LogP contribution in [0.25, 0.3) is 0 Å². The molecule has 0 aromatic heterocycles. The van der Waals surface area contributed by atoms with Gasteiger partial charge < -0.3 is 10.0 Å². The van der Waals surface area contributed by atoms with E-state index in [0.717, 1.165) is 44.4 Å². The molecule has 0 radical (unpaired) electrons. The Labute approximate surface area is 127 Å². The van der Waals surface area contributed by atoms with Gasteiger partial charge in [-0.25, -0.2) is 0 Å². The summed E-state index contributed by atoms with van der Waals surface area (Å²) in [7, 11) is 1.91. The number of carbonyl (C=O) groups is 2. The van der Waals surface area contributed by atoms with Crippen LogP contribution in [0.1, 0.15) is 71.1 Å². The number of carbonyl (C=O) groups excluding carboxylic acids is 1. The highest BCUT2D eigenvalue weighted by atomic mass is 16.4. The minimum atomic E-state index is -0.765. The van der Waals surface area contributed by atoms with Crippen molar-refractivity contribution in [1.82, 2.24) is 4.90 Å². The van der Waals surface area contributed by atoms with E-state index >= 15 is 0 Å². The largest absolute Gasteiger partial charge is 0.481 e. The summed E-state index contributed by atoms with van der Waals surface area (Å²) in [6.45, 7) is 2.28. The van der Waals surface area contributed by atoms with Gasteiger partial charge in [-0.2, -0.15) is 0 Å². The van der Waals surface area contributed by atoms with Gasteiger partial charge >= 0.3 is 5.97 Å². The van der Waals surface area contributed by atoms with Gasteiger partial charge in [0.25, 0.3) is 0 Å². The van der Waals surface area contributed by atoms with Gasteiger partial charge in [0, 0.05) is 19.5 Å². The highest BCUT2D eigenvalue weighted by Gasteiger charge is 2.39. The van der Waals surface area contributed by atoms with Crippen molar-refractivity contribution in [2.75, 3.05) is 7.05 Å². The molecule has 0 atom stereocenters. The summed E-state index contributed by atoms with van der Waals surface area (Å²) >= 11 is 0. The summed E-state index contributed by atoms with van der Waals surface area (Å²) in [5.41, 5.74) is -0.279. The summed E-state index contributed by atoms with van der Waals surface area (Å²) in [5.74, 6) is 0.162. The van der Waals surface area contributed by atoms with E-state index in [1.165, 1.54) is 12.8 Å². The van der Waals surface area contributed by atoms with Crippen molar-refractivity contribution in [3.8, 4) is 0 Å². The third kappa shape index (κ3) is 4.21. The second-order valence-electron chi connectivity index (χ2n) is 7.37.